The SMILES string of the molecule is NC(N)=NN=Cc1c(-c2cc([N+](=O)[O-])c(Cl)cc2Cl)nc2sccn12. The summed E-state index contributed by atoms with van der Waals surface area (Å²) in [5.74, 6) is -0.205. The number of hydrogen-bond acceptors (Lipinski definition) is 6. The minimum atomic E-state index is -0.590. The van der Waals surface area contributed by atoms with Gasteiger partial charge in [0.15, 0.2) is 4.96 Å². The highest BCUT2D eigenvalue weighted by Crippen LogP contribution is 2.37. The van der Waals surface area contributed by atoms with Gasteiger partial charge in [0, 0.05) is 23.2 Å². The second-order valence-corrected chi connectivity index (χ2v) is 6.40. The van der Waals surface area contributed by atoms with Crippen LogP contribution in [0.4, 0.5) is 5.69 Å². The lowest BCUT2D eigenvalue weighted by Gasteiger charge is -2.04. The van der Waals surface area contributed by atoms with Gasteiger partial charge in [-0.05, 0) is 6.07 Å². The van der Waals surface area contributed by atoms with Crippen molar-refractivity contribution in [3.05, 3.63) is 49.6 Å². The molecule has 0 saturated carbocycles. The maximum absolute atomic E-state index is 11.2. The molecule has 1 aromatic carbocycles. The van der Waals surface area contributed by atoms with Crippen LogP contribution in [0.2, 0.25) is 10.0 Å². The number of nitro groups is 1. The third kappa shape index (κ3) is 3.27. The molecule has 9 nitrogen and oxygen atoms in total. The van der Waals surface area contributed by atoms with Gasteiger partial charge < -0.3 is 11.5 Å². The van der Waals surface area contributed by atoms with Crippen molar-refractivity contribution in [2.75, 3.05) is 0 Å². The van der Waals surface area contributed by atoms with Crippen molar-refractivity contribution in [2.24, 2.45) is 21.7 Å². The summed E-state index contributed by atoms with van der Waals surface area (Å²) in [4.78, 5) is 15.7. The van der Waals surface area contributed by atoms with Crippen LogP contribution >= 0.6 is 34.5 Å². The number of nitrogens with zero attached hydrogens (tertiary/aromatic N) is 5. The number of guanidine groups is 1. The second-order valence-electron chi connectivity index (χ2n) is 4.71. The first kappa shape index (κ1) is 17.1. The van der Waals surface area contributed by atoms with E-state index in [1.165, 1.54) is 29.7 Å². The first-order valence-electron chi connectivity index (χ1n) is 6.60. The molecule has 0 amide bonds. The maximum Gasteiger partial charge on any atom is 0.288 e. The largest absolute Gasteiger partial charge is 0.369 e. The average molecular weight is 398 g/mol. The molecular weight excluding hydrogens is 389 g/mol. The standard InChI is InChI=1S/C13H9Cl2N7O2S/c14-7-4-8(15)9(22(23)24)3-6(7)11-10(5-18-20-12(16)17)21-1-2-25-13(21)19-11/h1-5H,(H4,16,17,20). The molecule has 2 heterocycles. The maximum atomic E-state index is 11.2. The highest BCUT2D eigenvalue weighted by atomic mass is 35.5. The van der Waals surface area contributed by atoms with E-state index in [-0.39, 0.29) is 21.7 Å². The van der Waals surface area contributed by atoms with Crippen LogP contribution in [0, 0.1) is 10.1 Å². The molecule has 3 rings (SSSR count). The van der Waals surface area contributed by atoms with Gasteiger partial charge in [0.25, 0.3) is 5.69 Å². The Bertz CT molecular complexity index is 1040. The van der Waals surface area contributed by atoms with Crippen molar-refractivity contribution in [3.8, 4) is 11.3 Å². The van der Waals surface area contributed by atoms with E-state index in [0.29, 0.717) is 21.9 Å². The molecule has 12 heteroatoms. The molecule has 3 aromatic rings. The summed E-state index contributed by atoms with van der Waals surface area (Å²) >= 11 is 13.5. The van der Waals surface area contributed by atoms with Crippen molar-refractivity contribution in [1.29, 1.82) is 0 Å². The van der Waals surface area contributed by atoms with Crippen LogP contribution in [0.25, 0.3) is 16.2 Å². The van der Waals surface area contributed by atoms with E-state index < -0.39 is 4.92 Å². The summed E-state index contributed by atoms with van der Waals surface area (Å²) in [6.45, 7) is 0. The molecule has 0 aliphatic rings. The summed E-state index contributed by atoms with van der Waals surface area (Å²) < 4.78 is 1.74. The highest BCUT2D eigenvalue weighted by Gasteiger charge is 2.22. The van der Waals surface area contributed by atoms with E-state index in [1.54, 1.807) is 10.6 Å². The van der Waals surface area contributed by atoms with Crippen molar-refractivity contribution in [2.45, 2.75) is 0 Å². The van der Waals surface area contributed by atoms with Crippen molar-refractivity contribution in [1.82, 2.24) is 9.38 Å². The molecule has 0 atom stereocenters. The smallest absolute Gasteiger partial charge is 0.288 e. The molecule has 0 aliphatic heterocycles. The molecule has 0 saturated heterocycles. The summed E-state index contributed by atoms with van der Waals surface area (Å²) in [5.41, 5.74) is 11.5. The topological polar surface area (TPSA) is 137 Å². The summed E-state index contributed by atoms with van der Waals surface area (Å²) in [6.07, 6.45) is 3.16. The quantitative estimate of drug-likeness (QED) is 0.301. The Morgan fingerprint density at radius 3 is 2.80 bits per heavy atom. The molecule has 0 spiro atoms. The van der Waals surface area contributed by atoms with Crippen molar-refractivity contribution < 1.29 is 4.92 Å². The van der Waals surface area contributed by atoms with Crippen LogP contribution in [0.5, 0.6) is 0 Å². The van der Waals surface area contributed by atoms with Gasteiger partial charge in [-0.2, -0.15) is 5.10 Å². The Kier molecular flexibility index (Phi) is 4.57. The molecule has 0 aliphatic carbocycles. The number of aromatic nitrogens is 2. The lowest BCUT2D eigenvalue weighted by atomic mass is 10.1. The van der Waals surface area contributed by atoms with E-state index >= 15 is 0 Å². The Balaban J connectivity index is 2.24. The van der Waals surface area contributed by atoms with E-state index in [2.05, 4.69) is 15.2 Å². The Morgan fingerprint density at radius 2 is 2.12 bits per heavy atom. The average Bonchev–Trinajstić information content (AvgIpc) is 3.09. The first-order valence-corrected chi connectivity index (χ1v) is 8.23. The number of thiazole rings is 1. The molecule has 128 valence electrons. The lowest BCUT2D eigenvalue weighted by Crippen LogP contribution is -2.21. The molecular formula is C13H9Cl2N7O2S. The number of nitrogens with two attached hydrogens (primary N) is 2. The van der Waals surface area contributed by atoms with Gasteiger partial charge in [0.1, 0.15) is 10.7 Å². The Morgan fingerprint density at radius 1 is 1.36 bits per heavy atom. The minimum Gasteiger partial charge on any atom is -0.369 e. The normalized spacial score (nSPS) is 11.3. The number of imidazole rings is 1. The lowest BCUT2D eigenvalue weighted by molar-refractivity contribution is -0.384. The number of rotatable bonds is 4. The van der Waals surface area contributed by atoms with E-state index in [1.807, 2.05) is 5.38 Å². The summed E-state index contributed by atoms with van der Waals surface area (Å²) in [6, 6.07) is 2.58. The zero-order valence-electron chi connectivity index (χ0n) is 12.3. The van der Waals surface area contributed by atoms with Gasteiger partial charge in [0.2, 0.25) is 5.96 Å². The molecule has 0 radical (unpaired) electrons. The van der Waals surface area contributed by atoms with Crippen molar-refractivity contribution >= 4 is 57.4 Å². The van der Waals surface area contributed by atoms with Crippen molar-refractivity contribution in [3.63, 3.8) is 0 Å². The zero-order chi connectivity index (χ0) is 18.1. The molecule has 2 aromatic heterocycles. The third-order valence-electron chi connectivity index (χ3n) is 3.14. The van der Waals surface area contributed by atoms with Gasteiger partial charge in [-0.1, -0.05) is 23.2 Å². The summed E-state index contributed by atoms with van der Waals surface area (Å²) in [5, 5.41) is 20.5. The predicted octanol–water partition coefficient (Wildman–Crippen LogP) is 2.89. The van der Waals surface area contributed by atoms with Crippen LogP contribution in [-0.4, -0.2) is 26.5 Å². The van der Waals surface area contributed by atoms with Crippen LogP contribution in [0.15, 0.2) is 33.9 Å². The summed E-state index contributed by atoms with van der Waals surface area (Å²) in [7, 11) is 0. The second kappa shape index (κ2) is 6.67. The van der Waals surface area contributed by atoms with Crippen LogP contribution in [-0.2, 0) is 0 Å². The van der Waals surface area contributed by atoms with Gasteiger partial charge in [-0.25, -0.2) is 4.98 Å². The monoisotopic (exact) mass is 397 g/mol. The number of fused-ring (bicyclic) bond motifs is 1. The van der Waals surface area contributed by atoms with Crippen LogP contribution in [0.3, 0.4) is 0 Å². The van der Waals surface area contributed by atoms with Gasteiger partial charge in [-0.3, -0.25) is 14.5 Å². The van der Waals surface area contributed by atoms with E-state index in [0.717, 1.165) is 0 Å². The number of nitro benzene ring substituents is 1. The van der Waals surface area contributed by atoms with Gasteiger partial charge in [-0.15, -0.1) is 16.4 Å². The molecule has 0 unspecified atom stereocenters. The fourth-order valence-electron chi connectivity index (χ4n) is 2.13. The minimum absolute atomic E-state index is 0.0597. The Labute approximate surface area is 154 Å². The van der Waals surface area contributed by atoms with Crippen LogP contribution in [0.1, 0.15) is 5.69 Å². The van der Waals surface area contributed by atoms with Gasteiger partial charge in [0.05, 0.1) is 21.9 Å². The molecule has 25 heavy (non-hydrogen) atoms. The first-order chi connectivity index (χ1) is 11.9. The van der Waals surface area contributed by atoms with Crippen LogP contribution < -0.4 is 11.5 Å². The number of hydrogen-bond donors (Lipinski definition) is 2. The zero-order valence-corrected chi connectivity index (χ0v) is 14.6. The number of halogens is 2. The Hall–Kier alpha value is -2.69. The predicted molar refractivity (Wildman–Crippen MR) is 98.6 cm³/mol. The fraction of sp³-hybridized carbons (Fsp3) is 0. The number of benzene rings is 1. The third-order valence-corrected chi connectivity index (χ3v) is 4.51. The van der Waals surface area contributed by atoms with E-state index in [9.17, 15) is 10.1 Å². The molecule has 0 bridgehead atoms. The molecule has 0 fully saturated rings. The fourth-order valence-corrected chi connectivity index (χ4v) is 3.40. The van der Waals surface area contributed by atoms with Gasteiger partial charge >= 0.3 is 0 Å². The highest BCUT2D eigenvalue weighted by molar-refractivity contribution is 7.15. The van der Waals surface area contributed by atoms with E-state index in [4.69, 9.17) is 34.7 Å². The molecule has 4 N–H and O–H groups in total.